The van der Waals surface area contributed by atoms with Gasteiger partial charge < -0.3 is 9.84 Å². The number of rotatable bonds is 2. The fourth-order valence-corrected chi connectivity index (χ4v) is 3.67. The Morgan fingerprint density at radius 2 is 2.39 bits per heavy atom. The van der Waals surface area contributed by atoms with E-state index >= 15 is 0 Å². The number of aliphatic hydroxyl groups is 1. The molecule has 0 fully saturated rings. The Kier molecular flexibility index (Phi) is 3.23. The Morgan fingerprint density at radius 3 is 3.06 bits per heavy atom. The number of nitrogens with zero attached hydrogens (tertiary/aromatic N) is 3. The van der Waals surface area contributed by atoms with E-state index < -0.39 is 6.10 Å². The highest BCUT2D eigenvalue weighted by molar-refractivity contribution is 9.10. The summed E-state index contributed by atoms with van der Waals surface area (Å²) in [5.74, 6) is 0. The van der Waals surface area contributed by atoms with Crippen LogP contribution in [0.4, 0.5) is 0 Å². The van der Waals surface area contributed by atoms with E-state index in [0.717, 1.165) is 17.9 Å². The first-order valence-corrected chi connectivity index (χ1v) is 7.20. The maximum Gasteiger partial charge on any atom is 0.154 e. The molecule has 0 radical (unpaired) electrons. The Labute approximate surface area is 117 Å². The minimum Gasteiger partial charge on any atom is -0.381 e. The van der Waals surface area contributed by atoms with Crippen LogP contribution in [0.1, 0.15) is 27.1 Å². The quantitative estimate of drug-likeness (QED) is 0.912. The van der Waals surface area contributed by atoms with E-state index in [0.29, 0.717) is 16.9 Å². The number of fused-ring (bicyclic) bond motifs is 1. The molecule has 3 heterocycles. The second-order valence-electron chi connectivity index (χ2n) is 4.17. The van der Waals surface area contributed by atoms with Crippen molar-refractivity contribution in [1.82, 2.24) is 15.0 Å². The summed E-state index contributed by atoms with van der Waals surface area (Å²) in [4.78, 5) is 3.64. The zero-order valence-electron chi connectivity index (χ0n) is 9.76. The van der Waals surface area contributed by atoms with Crippen LogP contribution in [0.3, 0.4) is 0 Å². The van der Waals surface area contributed by atoms with E-state index in [9.17, 15) is 5.11 Å². The molecule has 96 valence electrons. The van der Waals surface area contributed by atoms with Gasteiger partial charge in [0.1, 0.15) is 11.8 Å². The van der Waals surface area contributed by atoms with Crippen molar-refractivity contribution in [3.8, 4) is 0 Å². The minimum atomic E-state index is -0.733. The summed E-state index contributed by atoms with van der Waals surface area (Å²) in [6.45, 7) is 1.40. The molecule has 1 aliphatic rings. The van der Waals surface area contributed by atoms with Crippen molar-refractivity contribution in [3.05, 3.63) is 31.7 Å². The van der Waals surface area contributed by atoms with E-state index in [1.807, 2.05) is 6.07 Å². The van der Waals surface area contributed by atoms with Crippen LogP contribution in [0.25, 0.3) is 0 Å². The first kappa shape index (κ1) is 12.3. The lowest BCUT2D eigenvalue weighted by Crippen LogP contribution is -2.05. The number of halogens is 1. The van der Waals surface area contributed by atoms with Gasteiger partial charge in [0.2, 0.25) is 0 Å². The predicted octanol–water partition coefficient (Wildman–Crippen LogP) is 1.79. The molecule has 1 aliphatic heterocycles. The van der Waals surface area contributed by atoms with Crippen molar-refractivity contribution in [2.45, 2.75) is 19.1 Å². The molecule has 2 aromatic rings. The van der Waals surface area contributed by atoms with Gasteiger partial charge >= 0.3 is 0 Å². The average molecular weight is 330 g/mol. The number of aromatic nitrogens is 3. The van der Waals surface area contributed by atoms with Crippen LogP contribution < -0.4 is 0 Å². The Bertz CT molecular complexity index is 557. The molecule has 7 heteroatoms. The normalized spacial score (nSPS) is 16.6. The van der Waals surface area contributed by atoms with Crippen LogP contribution in [0.5, 0.6) is 0 Å². The summed E-state index contributed by atoms with van der Waals surface area (Å²) in [6, 6.07) is 2.00. The van der Waals surface area contributed by atoms with Gasteiger partial charge in [-0.25, -0.2) is 0 Å². The average Bonchev–Trinajstić information content (AvgIpc) is 2.91. The van der Waals surface area contributed by atoms with Crippen LogP contribution in [-0.2, 0) is 24.8 Å². The molecule has 0 spiro atoms. The zero-order chi connectivity index (χ0) is 12.7. The molecule has 5 nitrogen and oxygen atoms in total. The van der Waals surface area contributed by atoms with E-state index in [4.69, 9.17) is 4.74 Å². The zero-order valence-corrected chi connectivity index (χ0v) is 12.2. The summed E-state index contributed by atoms with van der Waals surface area (Å²) < 4.78 is 5.99. The predicted molar refractivity (Wildman–Crippen MR) is 70.4 cm³/mol. The first-order valence-electron chi connectivity index (χ1n) is 5.59. The van der Waals surface area contributed by atoms with Gasteiger partial charge in [-0.3, -0.25) is 0 Å². The van der Waals surface area contributed by atoms with Crippen molar-refractivity contribution in [2.75, 3.05) is 6.61 Å². The summed E-state index contributed by atoms with van der Waals surface area (Å²) in [7, 11) is 1.73. The third kappa shape index (κ3) is 2.11. The molecule has 0 saturated heterocycles. The van der Waals surface area contributed by atoms with Crippen molar-refractivity contribution < 1.29 is 9.84 Å². The summed E-state index contributed by atoms with van der Waals surface area (Å²) in [5, 5.41) is 18.6. The van der Waals surface area contributed by atoms with E-state index in [1.165, 1.54) is 15.2 Å². The molecule has 1 N–H and O–H groups in total. The number of hydrogen-bond acceptors (Lipinski definition) is 5. The van der Waals surface area contributed by atoms with Crippen molar-refractivity contribution in [1.29, 1.82) is 0 Å². The number of ether oxygens (including phenoxy) is 1. The summed E-state index contributed by atoms with van der Waals surface area (Å²) in [5.41, 5.74) is 1.73. The molecule has 3 rings (SSSR count). The molecule has 2 aromatic heterocycles. The third-order valence-electron chi connectivity index (χ3n) is 2.87. The lowest BCUT2D eigenvalue weighted by molar-refractivity contribution is 0.112. The fraction of sp³-hybridized carbons (Fsp3) is 0.455. The Hall–Kier alpha value is -0.760. The van der Waals surface area contributed by atoms with Gasteiger partial charge in [-0.05, 0) is 27.6 Å². The van der Waals surface area contributed by atoms with Crippen molar-refractivity contribution in [2.24, 2.45) is 7.05 Å². The first-order chi connectivity index (χ1) is 8.65. The fourth-order valence-electron chi connectivity index (χ4n) is 2.01. The van der Waals surface area contributed by atoms with Gasteiger partial charge in [-0.2, -0.15) is 9.90 Å². The van der Waals surface area contributed by atoms with Crippen molar-refractivity contribution in [3.63, 3.8) is 0 Å². The lowest BCUT2D eigenvalue weighted by atomic mass is 10.1. The van der Waals surface area contributed by atoms with Crippen LogP contribution in [0, 0.1) is 0 Å². The van der Waals surface area contributed by atoms with Gasteiger partial charge in [0.05, 0.1) is 13.2 Å². The van der Waals surface area contributed by atoms with Crippen LogP contribution >= 0.6 is 27.3 Å². The Morgan fingerprint density at radius 1 is 1.56 bits per heavy atom. The highest BCUT2D eigenvalue weighted by Crippen LogP contribution is 2.34. The molecule has 18 heavy (non-hydrogen) atoms. The molecule has 0 aromatic carbocycles. The molecule has 0 aliphatic carbocycles. The lowest BCUT2D eigenvalue weighted by Gasteiger charge is -2.10. The monoisotopic (exact) mass is 329 g/mol. The maximum atomic E-state index is 10.4. The standard InChI is InChI=1S/C11H12BrN3O2S/c1-15-13-9(11(12)14-15)10(16)8-4-6-5-17-3-2-7(6)18-8/h4,10,16H,2-3,5H2,1H3. The molecule has 0 saturated carbocycles. The maximum absolute atomic E-state index is 10.4. The van der Waals surface area contributed by atoms with Gasteiger partial charge in [0, 0.05) is 23.2 Å². The summed E-state index contributed by atoms with van der Waals surface area (Å²) in [6.07, 6.45) is 0.192. The largest absolute Gasteiger partial charge is 0.381 e. The second-order valence-corrected chi connectivity index (χ2v) is 6.09. The van der Waals surface area contributed by atoms with Gasteiger partial charge in [0.15, 0.2) is 4.60 Å². The van der Waals surface area contributed by atoms with E-state index in [-0.39, 0.29) is 0 Å². The van der Waals surface area contributed by atoms with Crippen LogP contribution in [-0.4, -0.2) is 26.7 Å². The topological polar surface area (TPSA) is 60.2 Å². The second kappa shape index (κ2) is 4.73. The number of aliphatic hydroxyl groups excluding tert-OH is 1. The highest BCUT2D eigenvalue weighted by Gasteiger charge is 2.23. The molecule has 0 amide bonds. The van der Waals surface area contributed by atoms with Gasteiger partial charge in [-0.1, -0.05) is 0 Å². The number of thiophene rings is 1. The molecule has 1 unspecified atom stereocenters. The van der Waals surface area contributed by atoms with Crippen LogP contribution in [0.15, 0.2) is 10.7 Å². The van der Waals surface area contributed by atoms with E-state index in [2.05, 4.69) is 26.1 Å². The summed E-state index contributed by atoms with van der Waals surface area (Å²) >= 11 is 4.94. The molecular weight excluding hydrogens is 318 g/mol. The van der Waals surface area contributed by atoms with Gasteiger partial charge in [0.25, 0.3) is 0 Å². The number of hydrogen-bond donors (Lipinski definition) is 1. The number of aryl methyl sites for hydroxylation is 1. The van der Waals surface area contributed by atoms with Crippen LogP contribution in [0.2, 0.25) is 0 Å². The SMILES string of the molecule is Cn1nc(Br)c(C(O)c2cc3c(s2)CCOC3)n1. The molecule has 0 bridgehead atoms. The molecule has 1 atom stereocenters. The van der Waals surface area contributed by atoms with Gasteiger partial charge in [-0.15, -0.1) is 16.4 Å². The van der Waals surface area contributed by atoms with Crippen molar-refractivity contribution >= 4 is 27.3 Å². The highest BCUT2D eigenvalue weighted by atomic mass is 79.9. The smallest absolute Gasteiger partial charge is 0.154 e. The minimum absolute atomic E-state index is 0.553. The Balaban J connectivity index is 1.94. The third-order valence-corrected chi connectivity index (χ3v) is 4.73. The van der Waals surface area contributed by atoms with E-state index in [1.54, 1.807) is 18.4 Å². The molecular formula is C11H12BrN3O2S.